The predicted octanol–water partition coefficient (Wildman–Crippen LogP) is 1.10. The highest BCUT2D eigenvalue weighted by Gasteiger charge is 2.07. The minimum Gasteiger partial charge on any atom is -0.340 e. The zero-order valence-corrected chi connectivity index (χ0v) is 11.7. The van der Waals surface area contributed by atoms with Gasteiger partial charge in [-0.3, -0.25) is 0 Å². The van der Waals surface area contributed by atoms with Crippen molar-refractivity contribution >= 4 is 10.9 Å². The second-order valence-corrected chi connectivity index (χ2v) is 5.21. The number of benzene rings is 1. The van der Waals surface area contributed by atoms with Crippen molar-refractivity contribution in [2.24, 2.45) is 12.8 Å². The van der Waals surface area contributed by atoms with Crippen molar-refractivity contribution in [3.8, 4) is 0 Å². The number of nitrogens with zero attached hydrogens (tertiary/aromatic N) is 5. The van der Waals surface area contributed by atoms with Crippen LogP contribution in [-0.4, -0.2) is 30.8 Å². The van der Waals surface area contributed by atoms with Crippen LogP contribution >= 0.6 is 0 Å². The van der Waals surface area contributed by atoms with Crippen LogP contribution in [0.2, 0.25) is 0 Å². The quantitative estimate of drug-likeness (QED) is 0.770. The van der Waals surface area contributed by atoms with Crippen LogP contribution < -0.4 is 5.73 Å². The second kappa shape index (κ2) is 5.05. The summed E-state index contributed by atoms with van der Waals surface area (Å²) in [7, 11) is 1.77. The zero-order valence-electron chi connectivity index (χ0n) is 11.7. The highest BCUT2D eigenvalue weighted by Crippen LogP contribution is 2.19. The number of hydrogen-bond acceptors (Lipinski definition) is 4. The van der Waals surface area contributed by atoms with E-state index in [4.69, 9.17) is 5.73 Å². The van der Waals surface area contributed by atoms with Crippen molar-refractivity contribution in [3.63, 3.8) is 0 Å². The molecule has 104 valence electrons. The smallest absolute Gasteiger partial charge is 0.194 e. The van der Waals surface area contributed by atoms with Gasteiger partial charge in [-0.2, -0.15) is 4.80 Å². The van der Waals surface area contributed by atoms with Gasteiger partial charge < -0.3 is 10.3 Å². The molecule has 6 heteroatoms. The van der Waals surface area contributed by atoms with Crippen LogP contribution in [0.15, 0.2) is 30.5 Å². The van der Waals surface area contributed by atoms with Gasteiger partial charge in [-0.05, 0) is 47.7 Å². The number of aryl methyl sites for hydroxylation is 1. The topological polar surface area (TPSA) is 74.6 Å². The summed E-state index contributed by atoms with van der Waals surface area (Å²) < 4.78 is 2.13. The molecule has 0 aliphatic rings. The number of rotatable bonds is 4. The van der Waals surface area contributed by atoms with Gasteiger partial charge in [0.15, 0.2) is 5.82 Å². The van der Waals surface area contributed by atoms with Crippen molar-refractivity contribution in [2.45, 2.75) is 25.9 Å². The van der Waals surface area contributed by atoms with Crippen molar-refractivity contribution in [1.82, 2.24) is 24.8 Å². The number of aromatic nitrogens is 5. The highest BCUT2D eigenvalue weighted by molar-refractivity contribution is 5.81. The molecule has 1 atom stereocenters. The molecule has 2 aromatic heterocycles. The fourth-order valence-corrected chi connectivity index (χ4v) is 2.43. The fourth-order valence-electron chi connectivity index (χ4n) is 2.43. The second-order valence-electron chi connectivity index (χ2n) is 5.21. The van der Waals surface area contributed by atoms with E-state index in [1.807, 2.05) is 6.92 Å². The summed E-state index contributed by atoms with van der Waals surface area (Å²) in [6.45, 7) is 2.65. The van der Waals surface area contributed by atoms with Crippen LogP contribution in [-0.2, 0) is 20.0 Å². The lowest BCUT2D eigenvalue weighted by atomic mass is 10.1. The Bertz CT molecular complexity index is 724. The molecular formula is C14H18N6. The summed E-state index contributed by atoms with van der Waals surface area (Å²) in [5.41, 5.74) is 8.29. The fraction of sp³-hybridized carbons (Fsp3) is 0.357. The van der Waals surface area contributed by atoms with Crippen LogP contribution in [0.25, 0.3) is 10.9 Å². The molecule has 0 radical (unpaired) electrons. The highest BCUT2D eigenvalue weighted by atomic mass is 15.6. The van der Waals surface area contributed by atoms with Crippen LogP contribution in [0.3, 0.4) is 0 Å². The van der Waals surface area contributed by atoms with Gasteiger partial charge in [-0.25, -0.2) is 0 Å². The number of fused-ring (bicyclic) bond motifs is 1. The standard InChI is InChI=1S/C14H18N6/c1-10(15)7-11-3-4-13-12(8-11)5-6-20(13)9-14-16-18-19(2)17-14/h3-6,8,10H,7,9,15H2,1-2H3. The molecule has 6 nitrogen and oxygen atoms in total. The summed E-state index contributed by atoms with van der Waals surface area (Å²) in [5.74, 6) is 0.713. The molecule has 0 aliphatic heterocycles. The van der Waals surface area contributed by atoms with E-state index in [9.17, 15) is 0 Å². The van der Waals surface area contributed by atoms with Crippen molar-refractivity contribution in [1.29, 1.82) is 0 Å². The van der Waals surface area contributed by atoms with Gasteiger partial charge >= 0.3 is 0 Å². The van der Waals surface area contributed by atoms with Crippen LogP contribution in [0.1, 0.15) is 18.3 Å². The maximum Gasteiger partial charge on any atom is 0.194 e. The first-order valence-corrected chi connectivity index (χ1v) is 6.68. The first kappa shape index (κ1) is 12.8. The molecule has 0 amide bonds. The first-order chi connectivity index (χ1) is 9.61. The first-order valence-electron chi connectivity index (χ1n) is 6.68. The van der Waals surface area contributed by atoms with Crippen molar-refractivity contribution in [3.05, 3.63) is 41.9 Å². The van der Waals surface area contributed by atoms with Crippen molar-refractivity contribution in [2.75, 3.05) is 0 Å². The molecule has 1 aromatic carbocycles. The minimum absolute atomic E-state index is 0.179. The lowest BCUT2D eigenvalue weighted by Crippen LogP contribution is -2.17. The minimum atomic E-state index is 0.179. The molecule has 0 fully saturated rings. The molecule has 3 aromatic rings. The van der Waals surface area contributed by atoms with Gasteiger partial charge in [0.25, 0.3) is 0 Å². The normalized spacial score (nSPS) is 12.9. The molecule has 0 saturated heterocycles. The Morgan fingerprint density at radius 2 is 2.15 bits per heavy atom. The molecule has 3 rings (SSSR count). The number of hydrogen-bond donors (Lipinski definition) is 1. The summed E-state index contributed by atoms with van der Waals surface area (Å²) in [6.07, 6.45) is 2.95. The molecule has 1 unspecified atom stereocenters. The number of tetrazole rings is 1. The number of nitrogens with two attached hydrogens (primary N) is 1. The Morgan fingerprint density at radius 3 is 2.85 bits per heavy atom. The molecule has 0 aliphatic carbocycles. The van der Waals surface area contributed by atoms with Gasteiger partial charge in [0.1, 0.15) is 0 Å². The Kier molecular flexibility index (Phi) is 3.23. The molecule has 2 N–H and O–H groups in total. The SMILES string of the molecule is CC(N)Cc1ccc2c(ccn2Cc2nnn(C)n2)c1. The van der Waals surface area contributed by atoms with E-state index in [0.717, 1.165) is 6.42 Å². The van der Waals surface area contributed by atoms with Crippen LogP contribution in [0.4, 0.5) is 0 Å². The molecule has 0 saturated carbocycles. The summed E-state index contributed by atoms with van der Waals surface area (Å²) in [5, 5.41) is 13.3. The van der Waals surface area contributed by atoms with Crippen LogP contribution in [0.5, 0.6) is 0 Å². The largest absolute Gasteiger partial charge is 0.340 e. The van der Waals surface area contributed by atoms with E-state index in [1.54, 1.807) is 7.05 Å². The third-order valence-electron chi connectivity index (χ3n) is 3.25. The van der Waals surface area contributed by atoms with Gasteiger partial charge in [0, 0.05) is 17.8 Å². The predicted molar refractivity (Wildman–Crippen MR) is 77.2 cm³/mol. The monoisotopic (exact) mass is 270 g/mol. The lowest BCUT2D eigenvalue weighted by Gasteiger charge is -2.06. The third kappa shape index (κ3) is 2.55. The van der Waals surface area contributed by atoms with E-state index in [-0.39, 0.29) is 6.04 Å². The van der Waals surface area contributed by atoms with Gasteiger partial charge in [-0.15, -0.1) is 10.2 Å². The van der Waals surface area contributed by atoms with Gasteiger partial charge in [0.05, 0.1) is 13.6 Å². The van der Waals surface area contributed by atoms with E-state index in [1.165, 1.54) is 21.3 Å². The third-order valence-corrected chi connectivity index (χ3v) is 3.25. The molecule has 0 spiro atoms. The molecule has 2 heterocycles. The summed E-state index contributed by atoms with van der Waals surface area (Å²) in [6, 6.07) is 8.74. The average Bonchev–Trinajstić information content (AvgIpc) is 2.96. The molecule has 0 bridgehead atoms. The summed E-state index contributed by atoms with van der Waals surface area (Å²) >= 11 is 0. The van der Waals surface area contributed by atoms with E-state index < -0.39 is 0 Å². The van der Waals surface area contributed by atoms with Crippen LogP contribution in [0, 0.1) is 0 Å². The van der Waals surface area contributed by atoms with Crippen molar-refractivity contribution < 1.29 is 0 Å². The molecular weight excluding hydrogens is 252 g/mol. The average molecular weight is 270 g/mol. The lowest BCUT2D eigenvalue weighted by molar-refractivity contribution is 0.626. The Morgan fingerprint density at radius 1 is 1.30 bits per heavy atom. The van der Waals surface area contributed by atoms with Gasteiger partial charge in [0.2, 0.25) is 0 Å². The van der Waals surface area contributed by atoms with E-state index in [0.29, 0.717) is 12.4 Å². The Labute approximate surface area is 117 Å². The summed E-state index contributed by atoms with van der Waals surface area (Å²) in [4.78, 5) is 1.47. The Hall–Kier alpha value is -2.21. The van der Waals surface area contributed by atoms with E-state index >= 15 is 0 Å². The molecule has 20 heavy (non-hydrogen) atoms. The van der Waals surface area contributed by atoms with E-state index in [2.05, 4.69) is 50.4 Å². The maximum atomic E-state index is 5.85. The Balaban J connectivity index is 1.89. The maximum absolute atomic E-state index is 5.85. The zero-order chi connectivity index (χ0) is 14.1. The van der Waals surface area contributed by atoms with Gasteiger partial charge in [-0.1, -0.05) is 6.07 Å².